The smallest absolute Gasteiger partial charge is 1.00 e. The van der Waals surface area contributed by atoms with E-state index < -0.39 is 6.16 Å². The first kappa shape index (κ1) is 10.9. The van der Waals surface area contributed by atoms with Crippen LogP contribution in [0.1, 0.15) is 9.78 Å². The molecule has 0 radical (unpaired) electrons. The third kappa shape index (κ3) is 6.04. The molecule has 0 aromatic rings. The van der Waals surface area contributed by atoms with Gasteiger partial charge in [-0.05, 0) is 6.92 Å². The van der Waals surface area contributed by atoms with Crippen LogP contribution < -0.4 is 0 Å². The SMILES string of the molecule is CCOC(=O)OC.[H-].[H-].[Mg+2]. The summed E-state index contributed by atoms with van der Waals surface area (Å²) < 4.78 is 8.46. The molecule has 0 aliphatic carbocycles. The molecule has 0 heterocycles. The topological polar surface area (TPSA) is 35.5 Å². The zero-order valence-corrected chi connectivity index (χ0v) is 6.55. The van der Waals surface area contributed by atoms with Gasteiger partial charge in [0, 0.05) is 0 Å². The van der Waals surface area contributed by atoms with Crippen LogP contribution in [0.15, 0.2) is 0 Å². The number of carbonyl (C=O) groups excluding carboxylic acids is 1. The summed E-state index contributed by atoms with van der Waals surface area (Å²) in [6.07, 6.45) is -0.623. The van der Waals surface area contributed by atoms with Crippen LogP contribution in [0.2, 0.25) is 0 Å². The van der Waals surface area contributed by atoms with Crippen LogP contribution in [0.25, 0.3) is 0 Å². The molecule has 0 fully saturated rings. The Morgan fingerprint density at radius 3 is 2.38 bits per heavy atom. The Hall–Kier alpha value is 0.0362. The van der Waals surface area contributed by atoms with E-state index >= 15 is 0 Å². The largest absolute Gasteiger partial charge is 2.00 e. The first-order valence-electron chi connectivity index (χ1n) is 2.02. The summed E-state index contributed by atoms with van der Waals surface area (Å²) in [6, 6.07) is 0. The maximum absolute atomic E-state index is 9.97. The summed E-state index contributed by atoms with van der Waals surface area (Å²) >= 11 is 0. The fourth-order valence-corrected chi connectivity index (χ4v) is 0.177. The van der Waals surface area contributed by atoms with Crippen molar-refractivity contribution in [1.29, 1.82) is 0 Å². The minimum Gasteiger partial charge on any atom is -1.00 e. The Bertz CT molecular complexity index is 71.5. The van der Waals surface area contributed by atoms with Crippen molar-refractivity contribution in [2.45, 2.75) is 6.92 Å². The molecule has 0 saturated carbocycles. The molecule has 0 rings (SSSR count). The van der Waals surface area contributed by atoms with Crippen LogP contribution >= 0.6 is 0 Å². The molecule has 8 heavy (non-hydrogen) atoms. The molecule has 0 bridgehead atoms. The Morgan fingerprint density at radius 2 is 2.25 bits per heavy atom. The predicted octanol–water partition coefficient (Wildman–Crippen LogP) is 0.634. The summed E-state index contributed by atoms with van der Waals surface area (Å²) in [5, 5.41) is 0. The van der Waals surface area contributed by atoms with Gasteiger partial charge in [0.05, 0.1) is 13.7 Å². The van der Waals surface area contributed by atoms with E-state index in [1.165, 1.54) is 7.11 Å². The maximum atomic E-state index is 9.97. The Labute approximate surface area is 67.5 Å². The van der Waals surface area contributed by atoms with Crippen molar-refractivity contribution in [3.8, 4) is 0 Å². The Balaban J connectivity index is -0.0000000600. The normalized spacial score (nSPS) is 6.75. The number of rotatable bonds is 1. The van der Waals surface area contributed by atoms with Gasteiger partial charge in [-0.2, -0.15) is 0 Å². The van der Waals surface area contributed by atoms with E-state index in [9.17, 15) is 4.79 Å². The zero-order valence-electron chi connectivity index (χ0n) is 7.14. The average molecular weight is 130 g/mol. The monoisotopic (exact) mass is 130 g/mol. The third-order valence-corrected chi connectivity index (χ3v) is 0.429. The van der Waals surface area contributed by atoms with E-state index in [1.54, 1.807) is 6.92 Å². The minimum absolute atomic E-state index is 0. The Kier molecular flexibility index (Phi) is 9.60. The first-order chi connectivity index (χ1) is 3.31. The van der Waals surface area contributed by atoms with Crippen molar-refractivity contribution in [1.82, 2.24) is 0 Å². The summed E-state index contributed by atoms with van der Waals surface area (Å²) in [5.41, 5.74) is 0. The van der Waals surface area contributed by atoms with Crippen LogP contribution in [0.3, 0.4) is 0 Å². The van der Waals surface area contributed by atoms with Crippen molar-refractivity contribution in [2.24, 2.45) is 0 Å². The van der Waals surface area contributed by atoms with Crippen molar-refractivity contribution in [3.63, 3.8) is 0 Å². The molecule has 4 heteroatoms. The van der Waals surface area contributed by atoms with Crippen molar-refractivity contribution in [3.05, 3.63) is 0 Å². The number of ether oxygens (including phenoxy) is 2. The molecule has 0 aromatic heterocycles. The van der Waals surface area contributed by atoms with Gasteiger partial charge in [-0.25, -0.2) is 4.79 Å². The Morgan fingerprint density at radius 1 is 1.75 bits per heavy atom. The number of carbonyl (C=O) groups is 1. The quantitative estimate of drug-likeness (QED) is 0.386. The molecule has 0 atom stereocenters. The number of hydrogen-bond donors (Lipinski definition) is 0. The molecule has 0 unspecified atom stereocenters. The van der Waals surface area contributed by atoms with Gasteiger partial charge < -0.3 is 12.3 Å². The van der Waals surface area contributed by atoms with E-state index in [0.717, 1.165) is 0 Å². The second-order valence-corrected chi connectivity index (χ2v) is 0.887. The van der Waals surface area contributed by atoms with E-state index in [1.807, 2.05) is 0 Å². The van der Waals surface area contributed by atoms with E-state index in [4.69, 9.17) is 0 Å². The summed E-state index contributed by atoms with van der Waals surface area (Å²) in [5.74, 6) is 0. The molecule has 46 valence electrons. The predicted molar refractivity (Wildman–Crippen MR) is 32.0 cm³/mol. The van der Waals surface area contributed by atoms with Crippen molar-refractivity contribution < 1.29 is 17.1 Å². The third-order valence-electron chi connectivity index (χ3n) is 0.429. The molecule has 0 amide bonds. The second-order valence-electron chi connectivity index (χ2n) is 0.887. The molecule has 0 spiro atoms. The van der Waals surface area contributed by atoms with Crippen molar-refractivity contribution >= 4 is 29.2 Å². The van der Waals surface area contributed by atoms with Gasteiger partial charge in [-0.15, -0.1) is 0 Å². The van der Waals surface area contributed by atoms with Crippen molar-refractivity contribution in [2.75, 3.05) is 13.7 Å². The van der Waals surface area contributed by atoms with E-state index in [0.29, 0.717) is 6.61 Å². The van der Waals surface area contributed by atoms with Gasteiger partial charge in [0.25, 0.3) is 0 Å². The molecule has 0 N–H and O–H groups in total. The second kappa shape index (κ2) is 7.04. The van der Waals surface area contributed by atoms with Crippen LogP contribution in [-0.4, -0.2) is 42.9 Å². The summed E-state index contributed by atoms with van der Waals surface area (Å²) in [6.45, 7) is 2.09. The van der Waals surface area contributed by atoms with E-state index in [2.05, 4.69) is 9.47 Å². The molecule has 0 aliphatic heterocycles. The molecule has 0 saturated heterocycles. The van der Waals surface area contributed by atoms with Gasteiger partial charge in [0.1, 0.15) is 0 Å². The standard InChI is InChI=1S/C4H8O3.Mg.2H/c1-3-7-4(5)6-2;;;/h3H2,1-2H3;;;/q;+2;2*-1. The summed E-state index contributed by atoms with van der Waals surface area (Å²) in [7, 11) is 1.28. The first-order valence-corrected chi connectivity index (χ1v) is 2.02. The number of methoxy groups -OCH3 is 1. The van der Waals surface area contributed by atoms with Gasteiger partial charge in [-0.1, -0.05) is 0 Å². The van der Waals surface area contributed by atoms with E-state index in [-0.39, 0.29) is 25.9 Å². The van der Waals surface area contributed by atoms with Gasteiger partial charge in [0.2, 0.25) is 0 Å². The fourth-order valence-electron chi connectivity index (χ4n) is 0.177. The maximum Gasteiger partial charge on any atom is 2.00 e. The van der Waals surface area contributed by atoms with Crippen LogP contribution in [0.5, 0.6) is 0 Å². The molecular weight excluding hydrogens is 120 g/mol. The minimum atomic E-state index is -0.623. The van der Waals surface area contributed by atoms with Crippen LogP contribution in [-0.2, 0) is 9.47 Å². The average Bonchev–Trinajstić information content (AvgIpc) is 1.68. The zero-order chi connectivity index (χ0) is 5.70. The summed E-state index contributed by atoms with van der Waals surface area (Å²) in [4.78, 5) is 9.97. The molecule has 3 nitrogen and oxygen atoms in total. The van der Waals surface area contributed by atoms with Crippen LogP contribution in [0.4, 0.5) is 4.79 Å². The van der Waals surface area contributed by atoms with Gasteiger partial charge >= 0.3 is 29.2 Å². The van der Waals surface area contributed by atoms with Gasteiger partial charge in [-0.3, -0.25) is 0 Å². The van der Waals surface area contributed by atoms with Crippen LogP contribution in [0, 0.1) is 0 Å². The van der Waals surface area contributed by atoms with Gasteiger partial charge in [0.15, 0.2) is 0 Å². The molecular formula is C4H10MgO3. The molecule has 0 aromatic carbocycles. The molecule has 0 aliphatic rings. The number of hydrogen-bond acceptors (Lipinski definition) is 3. The fraction of sp³-hybridized carbons (Fsp3) is 0.750.